The Bertz CT molecular complexity index is 841. The third-order valence-corrected chi connectivity index (χ3v) is 5.24. The van der Waals surface area contributed by atoms with E-state index >= 15 is 0 Å². The van der Waals surface area contributed by atoms with Crippen molar-refractivity contribution in [3.8, 4) is 5.75 Å². The van der Waals surface area contributed by atoms with Gasteiger partial charge in [-0.05, 0) is 47.5 Å². The lowest BCUT2D eigenvalue weighted by Gasteiger charge is -2.19. The predicted octanol–water partition coefficient (Wildman–Crippen LogP) is 4.90. The van der Waals surface area contributed by atoms with Gasteiger partial charge in [-0.2, -0.15) is 0 Å². The predicted molar refractivity (Wildman–Crippen MR) is 107 cm³/mol. The van der Waals surface area contributed by atoms with Gasteiger partial charge >= 0.3 is 0 Å². The third kappa shape index (κ3) is 4.52. The highest BCUT2D eigenvalue weighted by atomic mass is 32.1. The molecule has 1 atom stereocenters. The molecule has 0 fully saturated rings. The zero-order valence-electron chi connectivity index (χ0n) is 15.1. The molecule has 1 heterocycles. The first-order valence-corrected chi connectivity index (χ1v) is 9.65. The molecule has 2 aromatic carbocycles. The largest absolute Gasteiger partial charge is 0.484 e. The fraction of sp³-hybridized carbons (Fsp3) is 0.227. The molecule has 0 aliphatic carbocycles. The molecule has 1 aromatic heterocycles. The molecule has 1 amide bonds. The summed E-state index contributed by atoms with van der Waals surface area (Å²) < 4.78 is 5.68. The zero-order valence-corrected chi connectivity index (χ0v) is 15.9. The minimum atomic E-state index is -0.158. The Morgan fingerprint density at radius 2 is 1.85 bits per heavy atom. The number of carbonyl (C=O) groups excluding carboxylic acids is 1. The monoisotopic (exact) mass is 365 g/mol. The van der Waals surface area contributed by atoms with Gasteiger partial charge in [0.1, 0.15) is 5.75 Å². The maximum Gasteiger partial charge on any atom is 0.258 e. The molecule has 3 aromatic rings. The second kappa shape index (κ2) is 8.68. The summed E-state index contributed by atoms with van der Waals surface area (Å²) in [5.41, 5.74) is 3.38. The van der Waals surface area contributed by atoms with Crippen LogP contribution in [0.1, 0.15) is 34.5 Å². The Labute approximate surface area is 158 Å². The van der Waals surface area contributed by atoms with Crippen LogP contribution in [0.2, 0.25) is 0 Å². The molecule has 0 saturated heterocycles. The summed E-state index contributed by atoms with van der Waals surface area (Å²) in [6, 6.07) is 20.0. The Hall–Kier alpha value is -2.59. The number of thiophene rings is 1. The molecule has 0 radical (unpaired) electrons. The van der Waals surface area contributed by atoms with Gasteiger partial charge in [0.25, 0.3) is 5.91 Å². The van der Waals surface area contributed by atoms with Crippen LogP contribution in [0.4, 0.5) is 0 Å². The van der Waals surface area contributed by atoms with Gasteiger partial charge < -0.3 is 10.1 Å². The Morgan fingerprint density at radius 1 is 1.08 bits per heavy atom. The van der Waals surface area contributed by atoms with Gasteiger partial charge in [-0.1, -0.05) is 55.5 Å². The zero-order chi connectivity index (χ0) is 18.4. The molecule has 4 heteroatoms. The number of nitrogens with one attached hydrogen (secondary N) is 1. The molecule has 3 rings (SSSR count). The van der Waals surface area contributed by atoms with E-state index in [0.29, 0.717) is 0 Å². The lowest BCUT2D eigenvalue weighted by molar-refractivity contribution is -0.123. The van der Waals surface area contributed by atoms with E-state index in [1.165, 1.54) is 5.56 Å². The average molecular weight is 365 g/mol. The number of para-hydroxylation sites is 1. The molecule has 3 nitrogen and oxygen atoms in total. The van der Waals surface area contributed by atoms with E-state index < -0.39 is 0 Å². The normalized spacial score (nSPS) is 11.8. The molecule has 0 aliphatic rings. The van der Waals surface area contributed by atoms with Gasteiger partial charge in [0.05, 0.1) is 6.04 Å². The first-order chi connectivity index (χ1) is 12.7. The highest BCUT2D eigenvalue weighted by Crippen LogP contribution is 2.26. The van der Waals surface area contributed by atoms with Crippen molar-refractivity contribution in [2.45, 2.75) is 26.3 Å². The molecule has 0 spiro atoms. The number of ether oxygens (including phenoxy) is 1. The minimum absolute atomic E-state index is 0.000226. The molecule has 1 N–H and O–H groups in total. The van der Waals surface area contributed by atoms with Crippen molar-refractivity contribution < 1.29 is 9.53 Å². The van der Waals surface area contributed by atoms with Crippen LogP contribution in [0.15, 0.2) is 66.0 Å². The Morgan fingerprint density at radius 3 is 2.50 bits per heavy atom. The number of benzene rings is 2. The van der Waals surface area contributed by atoms with Crippen LogP contribution in [-0.2, 0) is 11.2 Å². The molecule has 26 heavy (non-hydrogen) atoms. The summed E-state index contributed by atoms with van der Waals surface area (Å²) in [6.45, 7) is 4.10. The van der Waals surface area contributed by atoms with Crippen LogP contribution in [0, 0.1) is 6.92 Å². The van der Waals surface area contributed by atoms with Crippen LogP contribution in [0.3, 0.4) is 0 Å². The van der Waals surface area contributed by atoms with Crippen LogP contribution >= 0.6 is 11.3 Å². The van der Waals surface area contributed by atoms with Gasteiger partial charge in [0.15, 0.2) is 6.61 Å². The Kier molecular flexibility index (Phi) is 6.08. The van der Waals surface area contributed by atoms with Crippen molar-refractivity contribution in [1.29, 1.82) is 0 Å². The first kappa shape index (κ1) is 18.2. The first-order valence-electron chi connectivity index (χ1n) is 8.77. The van der Waals surface area contributed by atoms with Crippen molar-refractivity contribution >= 4 is 17.2 Å². The van der Waals surface area contributed by atoms with E-state index in [-0.39, 0.29) is 18.6 Å². The molecule has 0 saturated carbocycles. The quantitative estimate of drug-likeness (QED) is 0.646. The number of rotatable bonds is 7. The van der Waals surface area contributed by atoms with Crippen molar-refractivity contribution in [3.63, 3.8) is 0 Å². The van der Waals surface area contributed by atoms with Crippen molar-refractivity contribution in [1.82, 2.24) is 5.32 Å². The van der Waals surface area contributed by atoms with E-state index in [1.54, 1.807) is 11.3 Å². The highest BCUT2D eigenvalue weighted by Gasteiger charge is 2.18. The second-order valence-electron chi connectivity index (χ2n) is 6.17. The topological polar surface area (TPSA) is 38.3 Å². The number of hydrogen-bond donors (Lipinski definition) is 1. The van der Waals surface area contributed by atoms with E-state index in [9.17, 15) is 4.79 Å². The lowest BCUT2D eigenvalue weighted by Crippen LogP contribution is -2.33. The highest BCUT2D eigenvalue weighted by molar-refractivity contribution is 7.10. The minimum Gasteiger partial charge on any atom is -0.484 e. The third-order valence-electron chi connectivity index (χ3n) is 4.31. The van der Waals surface area contributed by atoms with Gasteiger partial charge in [-0.15, -0.1) is 11.3 Å². The summed E-state index contributed by atoms with van der Waals surface area (Å²) in [6.07, 6.45) is 1.00. The number of aryl methyl sites for hydroxylation is 2. The molecular weight excluding hydrogens is 342 g/mol. The average Bonchev–Trinajstić information content (AvgIpc) is 3.20. The maximum absolute atomic E-state index is 12.5. The molecule has 0 aliphatic heterocycles. The second-order valence-corrected chi connectivity index (χ2v) is 7.14. The van der Waals surface area contributed by atoms with Gasteiger partial charge in [0, 0.05) is 4.88 Å². The summed E-state index contributed by atoms with van der Waals surface area (Å²) in [5.74, 6) is 0.605. The summed E-state index contributed by atoms with van der Waals surface area (Å²) in [5, 5.41) is 5.14. The molecule has 134 valence electrons. The van der Waals surface area contributed by atoms with Crippen LogP contribution in [-0.4, -0.2) is 12.5 Å². The van der Waals surface area contributed by atoms with E-state index in [2.05, 4.69) is 36.5 Å². The number of amides is 1. The molecular formula is C22H23NO2S. The van der Waals surface area contributed by atoms with Crippen LogP contribution in [0.5, 0.6) is 5.75 Å². The summed E-state index contributed by atoms with van der Waals surface area (Å²) >= 11 is 1.64. The van der Waals surface area contributed by atoms with Gasteiger partial charge in [0.2, 0.25) is 0 Å². The van der Waals surface area contributed by atoms with E-state index in [1.807, 2.05) is 48.7 Å². The van der Waals surface area contributed by atoms with Gasteiger partial charge in [-0.3, -0.25) is 4.79 Å². The van der Waals surface area contributed by atoms with E-state index in [0.717, 1.165) is 28.2 Å². The fourth-order valence-electron chi connectivity index (χ4n) is 2.78. The van der Waals surface area contributed by atoms with E-state index in [4.69, 9.17) is 4.74 Å². The van der Waals surface area contributed by atoms with Crippen molar-refractivity contribution in [2.24, 2.45) is 0 Å². The van der Waals surface area contributed by atoms with Crippen LogP contribution in [0.25, 0.3) is 0 Å². The SMILES string of the molecule is CCc1ccc([C@H](NC(=O)COc2ccccc2C)c2cccs2)cc1. The van der Waals surface area contributed by atoms with Crippen molar-refractivity contribution in [2.75, 3.05) is 6.61 Å². The Balaban J connectivity index is 1.71. The van der Waals surface area contributed by atoms with Gasteiger partial charge in [-0.25, -0.2) is 0 Å². The smallest absolute Gasteiger partial charge is 0.258 e. The number of carbonyl (C=O) groups is 1. The molecule has 0 bridgehead atoms. The van der Waals surface area contributed by atoms with Crippen molar-refractivity contribution in [3.05, 3.63) is 87.6 Å². The maximum atomic E-state index is 12.5. The standard InChI is InChI=1S/C22H23NO2S/c1-3-17-10-12-18(13-11-17)22(20-9-6-14-26-20)23-21(24)15-25-19-8-5-4-7-16(19)2/h4-14,22H,3,15H2,1-2H3,(H,23,24)/t22-/m0/s1. The number of hydrogen-bond acceptors (Lipinski definition) is 3. The molecule has 0 unspecified atom stereocenters. The fourth-order valence-corrected chi connectivity index (χ4v) is 3.59. The van der Waals surface area contributed by atoms with Crippen LogP contribution < -0.4 is 10.1 Å². The lowest BCUT2D eigenvalue weighted by atomic mass is 10.0. The summed E-state index contributed by atoms with van der Waals surface area (Å²) in [4.78, 5) is 13.6. The summed E-state index contributed by atoms with van der Waals surface area (Å²) in [7, 11) is 0.